The zero-order chi connectivity index (χ0) is 17.5. The molecule has 0 radical (unpaired) electrons. The molecule has 0 fully saturated rings. The first kappa shape index (κ1) is 17.2. The smallest absolute Gasteiger partial charge is 0.230 e. The standard InChI is InChI=1S/C19H20N4OS/c1-15-2-8-18(9-3-15)25-12-19(24)21-10-16-4-6-17(7-5-16)11-23-14-20-13-22-23/h2-9,13-14H,10-12H2,1H3,(H,21,24). The molecule has 0 saturated carbocycles. The van der Waals surface area contributed by atoms with Gasteiger partial charge < -0.3 is 5.32 Å². The molecule has 0 aliphatic rings. The molecule has 1 amide bonds. The molecule has 1 heterocycles. The summed E-state index contributed by atoms with van der Waals surface area (Å²) < 4.78 is 1.78. The predicted octanol–water partition coefficient (Wildman–Crippen LogP) is 3.04. The fourth-order valence-corrected chi connectivity index (χ4v) is 3.03. The topological polar surface area (TPSA) is 59.8 Å². The van der Waals surface area contributed by atoms with Crippen molar-refractivity contribution in [2.75, 3.05) is 5.75 Å². The summed E-state index contributed by atoms with van der Waals surface area (Å²) in [7, 11) is 0. The molecule has 0 spiro atoms. The normalized spacial score (nSPS) is 10.6. The average molecular weight is 352 g/mol. The minimum atomic E-state index is 0.0391. The Morgan fingerprint density at radius 2 is 1.80 bits per heavy atom. The molecule has 2 aromatic carbocycles. The van der Waals surface area contributed by atoms with Crippen LogP contribution < -0.4 is 5.32 Å². The van der Waals surface area contributed by atoms with Crippen LogP contribution in [0.15, 0.2) is 66.1 Å². The van der Waals surface area contributed by atoms with Gasteiger partial charge in [0.15, 0.2) is 0 Å². The van der Waals surface area contributed by atoms with E-state index in [2.05, 4.69) is 34.5 Å². The average Bonchev–Trinajstić information content (AvgIpc) is 3.14. The Hall–Kier alpha value is -2.60. The van der Waals surface area contributed by atoms with Gasteiger partial charge in [0.05, 0.1) is 12.3 Å². The molecule has 6 heteroatoms. The van der Waals surface area contributed by atoms with Gasteiger partial charge in [0.1, 0.15) is 12.7 Å². The van der Waals surface area contributed by atoms with Gasteiger partial charge in [-0.3, -0.25) is 4.79 Å². The number of nitrogens with one attached hydrogen (secondary N) is 1. The quantitative estimate of drug-likeness (QED) is 0.664. The van der Waals surface area contributed by atoms with Crippen LogP contribution in [0.5, 0.6) is 0 Å². The number of hydrogen-bond donors (Lipinski definition) is 1. The second-order valence-corrected chi connectivity index (χ2v) is 6.84. The van der Waals surface area contributed by atoms with Crippen molar-refractivity contribution in [3.63, 3.8) is 0 Å². The van der Waals surface area contributed by atoms with Crippen LogP contribution in [0.4, 0.5) is 0 Å². The maximum Gasteiger partial charge on any atom is 0.230 e. The van der Waals surface area contributed by atoms with Crippen LogP contribution >= 0.6 is 11.8 Å². The SMILES string of the molecule is Cc1ccc(SCC(=O)NCc2ccc(Cn3cncn3)cc2)cc1. The number of benzene rings is 2. The number of aromatic nitrogens is 3. The molecule has 0 aliphatic heterocycles. The minimum Gasteiger partial charge on any atom is -0.351 e. The van der Waals surface area contributed by atoms with Gasteiger partial charge in [0.25, 0.3) is 0 Å². The molecule has 0 unspecified atom stereocenters. The summed E-state index contributed by atoms with van der Waals surface area (Å²) >= 11 is 1.55. The van der Waals surface area contributed by atoms with Crippen molar-refractivity contribution in [3.8, 4) is 0 Å². The van der Waals surface area contributed by atoms with Gasteiger partial charge in [-0.05, 0) is 30.2 Å². The van der Waals surface area contributed by atoms with Crippen molar-refractivity contribution in [1.82, 2.24) is 20.1 Å². The summed E-state index contributed by atoms with van der Waals surface area (Å²) in [4.78, 5) is 17.0. The van der Waals surface area contributed by atoms with E-state index >= 15 is 0 Å². The molecule has 128 valence electrons. The Morgan fingerprint density at radius 3 is 2.48 bits per heavy atom. The fourth-order valence-electron chi connectivity index (χ4n) is 2.30. The van der Waals surface area contributed by atoms with Crippen molar-refractivity contribution in [1.29, 1.82) is 0 Å². The van der Waals surface area contributed by atoms with E-state index < -0.39 is 0 Å². The third kappa shape index (κ3) is 5.46. The van der Waals surface area contributed by atoms with Gasteiger partial charge in [0.2, 0.25) is 5.91 Å². The lowest BCUT2D eigenvalue weighted by atomic mass is 10.1. The molecule has 3 aromatic rings. The highest BCUT2D eigenvalue weighted by Gasteiger charge is 2.03. The second kappa shape index (κ2) is 8.48. The molecule has 25 heavy (non-hydrogen) atoms. The maximum atomic E-state index is 12.0. The van der Waals surface area contributed by atoms with E-state index in [0.717, 1.165) is 16.0 Å². The number of carbonyl (C=O) groups is 1. The molecule has 0 saturated heterocycles. The number of thioether (sulfide) groups is 1. The van der Waals surface area contributed by atoms with Crippen LogP contribution in [-0.2, 0) is 17.9 Å². The molecular formula is C19H20N4OS. The molecule has 0 bridgehead atoms. The van der Waals surface area contributed by atoms with E-state index in [-0.39, 0.29) is 5.91 Å². The number of nitrogens with zero attached hydrogens (tertiary/aromatic N) is 3. The van der Waals surface area contributed by atoms with E-state index in [0.29, 0.717) is 18.8 Å². The molecule has 3 rings (SSSR count). The molecule has 1 N–H and O–H groups in total. The first-order valence-electron chi connectivity index (χ1n) is 8.05. The first-order valence-corrected chi connectivity index (χ1v) is 9.04. The lowest BCUT2D eigenvalue weighted by Gasteiger charge is -2.07. The largest absolute Gasteiger partial charge is 0.351 e. The third-order valence-corrected chi connectivity index (χ3v) is 4.73. The zero-order valence-electron chi connectivity index (χ0n) is 14.1. The number of amides is 1. The van der Waals surface area contributed by atoms with Crippen LogP contribution in [0, 0.1) is 6.92 Å². The Bertz CT molecular complexity index is 798. The van der Waals surface area contributed by atoms with E-state index in [4.69, 9.17) is 0 Å². The highest BCUT2D eigenvalue weighted by atomic mass is 32.2. The van der Waals surface area contributed by atoms with Gasteiger partial charge in [-0.2, -0.15) is 5.10 Å². The fraction of sp³-hybridized carbons (Fsp3) is 0.211. The van der Waals surface area contributed by atoms with Gasteiger partial charge in [-0.15, -0.1) is 11.8 Å². The molecule has 0 atom stereocenters. The summed E-state index contributed by atoms with van der Waals surface area (Å²) in [6.07, 6.45) is 3.22. The van der Waals surface area contributed by atoms with E-state index in [9.17, 15) is 4.79 Å². The summed E-state index contributed by atoms with van der Waals surface area (Å²) in [6, 6.07) is 16.3. The van der Waals surface area contributed by atoms with Crippen LogP contribution in [0.3, 0.4) is 0 Å². The van der Waals surface area contributed by atoms with Crippen LogP contribution in [0.2, 0.25) is 0 Å². The molecular weight excluding hydrogens is 332 g/mol. The minimum absolute atomic E-state index is 0.0391. The van der Waals surface area contributed by atoms with E-state index in [1.165, 1.54) is 11.9 Å². The predicted molar refractivity (Wildman–Crippen MR) is 99.3 cm³/mol. The monoisotopic (exact) mass is 352 g/mol. The number of hydrogen-bond acceptors (Lipinski definition) is 4. The zero-order valence-corrected chi connectivity index (χ0v) is 14.9. The van der Waals surface area contributed by atoms with Crippen LogP contribution in [-0.4, -0.2) is 26.4 Å². The van der Waals surface area contributed by atoms with Gasteiger partial charge in [-0.1, -0.05) is 42.0 Å². The maximum absolute atomic E-state index is 12.0. The van der Waals surface area contributed by atoms with Crippen molar-refractivity contribution in [2.24, 2.45) is 0 Å². The highest BCUT2D eigenvalue weighted by molar-refractivity contribution is 8.00. The van der Waals surface area contributed by atoms with Crippen molar-refractivity contribution >= 4 is 17.7 Å². The van der Waals surface area contributed by atoms with Crippen LogP contribution in [0.25, 0.3) is 0 Å². The van der Waals surface area contributed by atoms with Gasteiger partial charge >= 0.3 is 0 Å². The van der Waals surface area contributed by atoms with E-state index in [1.54, 1.807) is 22.8 Å². The first-order chi connectivity index (χ1) is 12.2. The third-order valence-electron chi connectivity index (χ3n) is 3.71. The number of rotatable bonds is 7. The lowest BCUT2D eigenvalue weighted by molar-refractivity contribution is -0.118. The summed E-state index contributed by atoms with van der Waals surface area (Å²) in [5, 5.41) is 7.05. The van der Waals surface area contributed by atoms with Crippen LogP contribution in [0.1, 0.15) is 16.7 Å². The lowest BCUT2D eigenvalue weighted by Crippen LogP contribution is -2.24. The summed E-state index contributed by atoms with van der Waals surface area (Å²) in [5.41, 5.74) is 3.45. The number of carbonyl (C=O) groups excluding carboxylic acids is 1. The number of aryl methyl sites for hydroxylation is 1. The Morgan fingerprint density at radius 1 is 1.08 bits per heavy atom. The Kier molecular flexibility index (Phi) is 5.85. The Labute approximate surface area is 151 Å². The van der Waals surface area contributed by atoms with Gasteiger partial charge in [0, 0.05) is 11.4 Å². The van der Waals surface area contributed by atoms with Crippen molar-refractivity contribution in [2.45, 2.75) is 24.9 Å². The van der Waals surface area contributed by atoms with E-state index in [1.807, 2.05) is 36.4 Å². The molecule has 0 aliphatic carbocycles. The molecule has 5 nitrogen and oxygen atoms in total. The van der Waals surface area contributed by atoms with Crippen molar-refractivity contribution < 1.29 is 4.79 Å². The summed E-state index contributed by atoms with van der Waals surface area (Å²) in [6.45, 7) is 3.29. The van der Waals surface area contributed by atoms with Gasteiger partial charge in [-0.25, -0.2) is 9.67 Å². The second-order valence-electron chi connectivity index (χ2n) is 5.79. The highest BCUT2D eigenvalue weighted by Crippen LogP contribution is 2.17. The summed E-state index contributed by atoms with van der Waals surface area (Å²) in [5.74, 6) is 0.463. The molecule has 1 aromatic heterocycles. The Balaban J connectivity index is 1.43. The van der Waals surface area contributed by atoms with Crippen molar-refractivity contribution in [3.05, 3.63) is 77.9 Å².